The number of anilines is 1. The number of amides is 1. The number of hydrogen-bond donors (Lipinski definition) is 1. The van der Waals surface area contributed by atoms with Crippen molar-refractivity contribution in [1.82, 2.24) is 0 Å². The first-order valence-electron chi connectivity index (χ1n) is 8.66. The zero-order valence-electron chi connectivity index (χ0n) is 16.3. The molecule has 2 aromatic rings. The van der Waals surface area contributed by atoms with Crippen molar-refractivity contribution in [1.29, 1.82) is 0 Å². The Kier molecular flexibility index (Phi) is 7.14. The number of ether oxygens (including phenoxy) is 3. The van der Waals surface area contributed by atoms with E-state index in [0.29, 0.717) is 28.3 Å². The predicted molar refractivity (Wildman–Crippen MR) is 104 cm³/mol. The molecule has 0 saturated heterocycles. The fourth-order valence-corrected chi connectivity index (χ4v) is 2.48. The van der Waals surface area contributed by atoms with Crippen molar-refractivity contribution in [2.45, 2.75) is 26.4 Å². The highest BCUT2D eigenvalue weighted by atomic mass is 16.5. The number of rotatable bonds is 8. The Morgan fingerprint density at radius 1 is 0.964 bits per heavy atom. The standard InChI is InChI=1S/C21H23NO6/c1-13(23)16-6-8-17(9-7-16)22-21(25)14(2)28-20(24)12-15-5-10-18(26-3)19(11-15)27-4/h5-11,14H,12H2,1-4H3,(H,22,25)/t14-/m1/s1. The zero-order valence-corrected chi connectivity index (χ0v) is 16.3. The molecule has 1 N–H and O–H groups in total. The molecular weight excluding hydrogens is 362 g/mol. The molecule has 0 saturated carbocycles. The van der Waals surface area contributed by atoms with Gasteiger partial charge in [-0.1, -0.05) is 6.07 Å². The van der Waals surface area contributed by atoms with Crippen LogP contribution in [0.25, 0.3) is 0 Å². The van der Waals surface area contributed by atoms with E-state index in [4.69, 9.17) is 14.2 Å². The van der Waals surface area contributed by atoms with Crippen molar-refractivity contribution in [3.63, 3.8) is 0 Å². The van der Waals surface area contributed by atoms with E-state index in [9.17, 15) is 14.4 Å². The second kappa shape index (κ2) is 9.55. The zero-order chi connectivity index (χ0) is 20.7. The molecule has 2 rings (SSSR count). The molecule has 0 fully saturated rings. The van der Waals surface area contributed by atoms with Crippen LogP contribution in [0.1, 0.15) is 29.8 Å². The molecule has 0 radical (unpaired) electrons. The van der Waals surface area contributed by atoms with E-state index in [-0.39, 0.29) is 12.2 Å². The minimum atomic E-state index is -0.972. The van der Waals surface area contributed by atoms with Gasteiger partial charge in [0.15, 0.2) is 23.4 Å². The molecular formula is C21H23NO6. The molecule has 0 heterocycles. The molecule has 0 unspecified atom stereocenters. The average molecular weight is 385 g/mol. The van der Waals surface area contributed by atoms with E-state index in [2.05, 4.69) is 5.32 Å². The van der Waals surface area contributed by atoms with Crippen molar-refractivity contribution >= 4 is 23.3 Å². The third kappa shape index (κ3) is 5.57. The summed E-state index contributed by atoms with van der Waals surface area (Å²) < 4.78 is 15.6. The number of nitrogens with one attached hydrogen (secondary N) is 1. The molecule has 0 aromatic heterocycles. The number of benzene rings is 2. The second-order valence-electron chi connectivity index (χ2n) is 6.12. The van der Waals surface area contributed by atoms with E-state index in [1.807, 2.05) is 0 Å². The molecule has 7 nitrogen and oxygen atoms in total. The third-order valence-electron chi connectivity index (χ3n) is 4.03. The molecule has 0 aliphatic heterocycles. The quantitative estimate of drug-likeness (QED) is 0.555. The maximum Gasteiger partial charge on any atom is 0.311 e. The molecule has 148 valence electrons. The minimum Gasteiger partial charge on any atom is -0.493 e. The summed E-state index contributed by atoms with van der Waals surface area (Å²) in [5, 5.41) is 2.65. The van der Waals surface area contributed by atoms with Crippen LogP contribution in [0.15, 0.2) is 42.5 Å². The number of carbonyl (C=O) groups excluding carboxylic acids is 3. The lowest BCUT2D eigenvalue weighted by Gasteiger charge is -2.14. The average Bonchev–Trinajstić information content (AvgIpc) is 2.68. The van der Waals surface area contributed by atoms with Gasteiger partial charge in [-0.3, -0.25) is 14.4 Å². The SMILES string of the molecule is COc1ccc(CC(=O)O[C@H](C)C(=O)Nc2ccc(C(C)=O)cc2)cc1OC. The van der Waals surface area contributed by atoms with Gasteiger partial charge in [-0.05, 0) is 55.8 Å². The maximum atomic E-state index is 12.2. The number of methoxy groups -OCH3 is 2. The van der Waals surface area contributed by atoms with Gasteiger partial charge in [-0.2, -0.15) is 0 Å². The maximum absolute atomic E-state index is 12.2. The molecule has 1 atom stereocenters. The summed E-state index contributed by atoms with van der Waals surface area (Å²) in [4.78, 5) is 35.6. The molecule has 0 bridgehead atoms. The monoisotopic (exact) mass is 385 g/mol. The van der Waals surface area contributed by atoms with Gasteiger partial charge in [-0.15, -0.1) is 0 Å². The van der Waals surface area contributed by atoms with Crippen LogP contribution in [0.2, 0.25) is 0 Å². The van der Waals surface area contributed by atoms with Gasteiger partial charge < -0.3 is 19.5 Å². The van der Waals surface area contributed by atoms with Gasteiger partial charge in [0.1, 0.15) is 0 Å². The molecule has 7 heteroatoms. The largest absolute Gasteiger partial charge is 0.493 e. The van der Waals surface area contributed by atoms with Crippen LogP contribution in [0, 0.1) is 0 Å². The topological polar surface area (TPSA) is 90.9 Å². The summed E-state index contributed by atoms with van der Waals surface area (Å²) in [5.74, 6) is 0.00382. The van der Waals surface area contributed by atoms with Crippen molar-refractivity contribution in [2.75, 3.05) is 19.5 Å². The van der Waals surface area contributed by atoms with Gasteiger partial charge in [0.2, 0.25) is 0 Å². The fourth-order valence-electron chi connectivity index (χ4n) is 2.48. The highest BCUT2D eigenvalue weighted by molar-refractivity contribution is 5.97. The van der Waals surface area contributed by atoms with Gasteiger partial charge in [-0.25, -0.2) is 0 Å². The summed E-state index contributed by atoms with van der Waals surface area (Å²) in [6.45, 7) is 2.96. The van der Waals surface area contributed by atoms with E-state index in [0.717, 1.165) is 0 Å². The van der Waals surface area contributed by atoms with Crippen molar-refractivity contribution in [2.24, 2.45) is 0 Å². The van der Waals surface area contributed by atoms with Crippen LogP contribution < -0.4 is 14.8 Å². The Labute approximate surface area is 163 Å². The Balaban J connectivity index is 1.92. The summed E-state index contributed by atoms with van der Waals surface area (Å²) in [6, 6.07) is 11.6. The van der Waals surface area contributed by atoms with Crippen LogP contribution in [0.4, 0.5) is 5.69 Å². The van der Waals surface area contributed by atoms with E-state index >= 15 is 0 Å². The fraction of sp³-hybridized carbons (Fsp3) is 0.286. The lowest BCUT2D eigenvalue weighted by atomic mass is 10.1. The Morgan fingerprint density at radius 2 is 1.61 bits per heavy atom. The van der Waals surface area contributed by atoms with Crippen molar-refractivity contribution in [3.05, 3.63) is 53.6 Å². The molecule has 1 amide bonds. The second-order valence-corrected chi connectivity index (χ2v) is 6.12. The normalized spacial score (nSPS) is 11.3. The lowest BCUT2D eigenvalue weighted by molar-refractivity contribution is -0.152. The first-order chi connectivity index (χ1) is 13.3. The van der Waals surface area contributed by atoms with Crippen LogP contribution in [-0.2, 0) is 20.7 Å². The lowest BCUT2D eigenvalue weighted by Crippen LogP contribution is -2.30. The number of carbonyl (C=O) groups is 3. The summed E-state index contributed by atoms with van der Waals surface area (Å²) in [5.41, 5.74) is 1.74. The van der Waals surface area contributed by atoms with Crippen LogP contribution in [-0.4, -0.2) is 38.0 Å². The molecule has 0 spiro atoms. The Bertz CT molecular complexity index is 860. The van der Waals surface area contributed by atoms with E-state index in [1.54, 1.807) is 42.5 Å². The predicted octanol–water partition coefficient (Wildman–Crippen LogP) is 3.02. The van der Waals surface area contributed by atoms with Crippen LogP contribution in [0.3, 0.4) is 0 Å². The molecule has 0 aliphatic rings. The summed E-state index contributed by atoms with van der Waals surface area (Å²) in [7, 11) is 3.04. The van der Waals surface area contributed by atoms with Crippen LogP contribution >= 0.6 is 0 Å². The highest BCUT2D eigenvalue weighted by Crippen LogP contribution is 2.27. The van der Waals surface area contributed by atoms with Gasteiger partial charge in [0.05, 0.1) is 20.6 Å². The van der Waals surface area contributed by atoms with Gasteiger partial charge in [0, 0.05) is 11.3 Å². The van der Waals surface area contributed by atoms with Gasteiger partial charge >= 0.3 is 5.97 Å². The summed E-state index contributed by atoms with van der Waals surface area (Å²) in [6.07, 6.45) is -0.981. The summed E-state index contributed by atoms with van der Waals surface area (Å²) >= 11 is 0. The Hall–Kier alpha value is -3.35. The van der Waals surface area contributed by atoms with Crippen LogP contribution in [0.5, 0.6) is 11.5 Å². The van der Waals surface area contributed by atoms with Gasteiger partial charge in [0.25, 0.3) is 5.91 Å². The third-order valence-corrected chi connectivity index (χ3v) is 4.03. The number of hydrogen-bond acceptors (Lipinski definition) is 6. The number of Topliss-reactive ketones (excluding diaryl/α,β-unsaturated/α-hetero) is 1. The smallest absolute Gasteiger partial charge is 0.311 e. The first-order valence-corrected chi connectivity index (χ1v) is 8.66. The minimum absolute atomic E-state index is 0.00865. The highest BCUT2D eigenvalue weighted by Gasteiger charge is 2.19. The van der Waals surface area contributed by atoms with E-state index in [1.165, 1.54) is 28.1 Å². The van der Waals surface area contributed by atoms with Crippen molar-refractivity contribution < 1.29 is 28.6 Å². The molecule has 28 heavy (non-hydrogen) atoms. The Morgan fingerprint density at radius 3 is 2.18 bits per heavy atom. The first kappa shape index (κ1) is 21.0. The molecule has 0 aliphatic carbocycles. The molecule has 2 aromatic carbocycles. The van der Waals surface area contributed by atoms with Crippen molar-refractivity contribution in [3.8, 4) is 11.5 Å². The number of ketones is 1. The van der Waals surface area contributed by atoms with E-state index < -0.39 is 18.0 Å². The number of esters is 1.